The SMILES string of the molecule is COc1ccccc1C(F)C1CNC1. The van der Waals surface area contributed by atoms with Crippen LogP contribution in [0.4, 0.5) is 4.39 Å². The summed E-state index contributed by atoms with van der Waals surface area (Å²) in [6.45, 7) is 1.53. The standard InChI is InChI=1S/C11H14FNO/c1-14-10-5-3-2-4-9(10)11(12)8-6-13-7-8/h2-5,8,11,13H,6-7H2,1H3. The van der Waals surface area contributed by atoms with Crippen LogP contribution in [0, 0.1) is 5.92 Å². The fourth-order valence-electron chi connectivity index (χ4n) is 1.67. The van der Waals surface area contributed by atoms with E-state index in [1.54, 1.807) is 19.2 Å². The number of ether oxygens (including phenoxy) is 1. The van der Waals surface area contributed by atoms with E-state index in [4.69, 9.17) is 4.74 Å². The molecule has 1 unspecified atom stereocenters. The molecule has 1 aromatic rings. The minimum absolute atomic E-state index is 0.103. The quantitative estimate of drug-likeness (QED) is 0.795. The zero-order valence-electron chi connectivity index (χ0n) is 8.16. The highest BCUT2D eigenvalue weighted by molar-refractivity contribution is 5.35. The predicted molar refractivity (Wildman–Crippen MR) is 53.2 cm³/mol. The molecule has 0 aromatic heterocycles. The maximum atomic E-state index is 13.9. The highest BCUT2D eigenvalue weighted by Gasteiger charge is 2.29. The van der Waals surface area contributed by atoms with E-state index in [9.17, 15) is 4.39 Å². The van der Waals surface area contributed by atoms with Gasteiger partial charge in [0.2, 0.25) is 0 Å². The van der Waals surface area contributed by atoms with Gasteiger partial charge in [-0.3, -0.25) is 0 Å². The van der Waals surface area contributed by atoms with Crippen molar-refractivity contribution in [2.24, 2.45) is 5.92 Å². The zero-order chi connectivity index (χ0) is 9.97. The van der Waals surface area contributed by atoms with E-state index in [2.05, 4.69) is 5.32 Å². The van der Waals surface area contributed by atoms with E-state index in [0.29, 0.717) is 11.3 Å². The molecule has 2 rings (SSSR count). The number of para-hydroxylation sites is 1. The first-order chi connectivity index (χ1) is 6.83. The third kappa shape index (κ3) is 1.60. The Balaban J connectivity index is 2.20. The minimum Gasteiger partial charge on any atom is -0.496 e. The Labute approximate surface area is 83.1 Å². The van der Waals surface area contributed by atoms with Crippen LogP contribution in [0.3, 0.4) is 0 Å². The molecule has 1 N–H and O–H groups in total. The summed E-state index contributed by atoms with van der Waals surface area (Å²) in [5, 5.41) is 3.07. The third-order valence-electron chi connectivity index (χ3n) is 2.66. The molecule has 14 heavy (non-hydrogen) atoms. The van der Waals surface area contributed by atoms with Crippen molar-refractivity contribution >= 4 is 0 Å². The van der Waals surface area contributed by atoms with Crippen molar-refractivity contribution in [2.45, 2.75) is 6.17 Å². The van der Waals surface area contributed by atoms with Gasteiger partial charge in [-0.2, -0.15) is 0 Å². The molecule has 1 saturated heterocycles. The number of rotatable bonds is 3. The summed E-state index contributed by atoms with van der Waals surface area (Å²) in [7, 11) is 1.57. The molecule has 3 heteroatoms. The topological polar surface area (TPSA) is 21.3 Å². The molecule has 1 fully saturated rings. The fraction of sp³-hybridized carbons (Fsp3) is 0.455. The minimum atomic E-state index is -0.910. The van der Waals surface area contributed by atoms with Gasteiger partial charge in [0.15, 0.2) is 0 Å². The first kappa shape index (κ1) is 9.46. The van der Waals surface area contributed by atoms with Crippen molar-refractivity contribution in [1.29, 1.82) is 0 Å². The number of methoxy groups -OCH3 is 1. The molecule has 1 aliphatic heterocycles. The van der Waals surface area contributed by atoms with Gasteiger partial charge in [0, 0.05) is 24.6 Å². The summed E-state index contributed by atoms with van der Waals surface area (Å²) in [6.07, 6.45) is -0.910. The molecule has 1 aromatic carbocycles. The number of hydrogen-bond acceptors (Lipinski definition) is 2. The lowest BCUT2D eigenvalue weighted by atomic mass is 9.92. The molecule has 1 heterocycles. The molecule has 1 atom stereocenters. The van der Waals surface area contributed by atoms with Gasteiger partial charge in [-0.05, 0) is 6.07 Å². The summed E-state index contributed by atoms with van der Waals surface area (Å²) < 4.78 is 19.0. The number of hydrogen-bond donors (Lipinski definition) is 1. The molecular weight excluding hydrogens is 181 g/mol. The second kappa shape index (κ2) is 3.96. The Bertz CT molecular complexity index is 312. The maximum absolute atomic E-state index is 13.9. The van der Waals surface area contributed by atoms with Crippen molar-refractivity contribution in [2.75, 3.05) is 20.2 Å². The highest BCUT2D eigenvalue weighted by Crippen LogP contribution is 2.34. The summed E-state index contributed by atoms with van der Waals surface area (Å²) >= 11 is 0. The highest BCUT2D eigenvalue weighted by atomic mass is 19.1. The van der Waals surface area contributed by atoms with Crippen LogP contribution in [0.1, 0.15) is 11.7 Å². The van der Waals surface area contributed by atoms with Crippen molar-refractivity contribution in [3.8, 4) is 5.75 Å². The molecule has 2 nitrogen and oxygen atoms in total. The molecule has 76 valence electrons. The van der Waals surface area contributed by atoms with Gasteiger partial charge in [0.1, 0.15) is 11.9 Å². The molecular formula is C11H14FNO. The van der Waals surface area contributed by atoms with E-state index in [1.807, 2.05) is 12.1 Å². The third-order valence-corrected chi connectivity index (χ3v) is 2.66. The van der Waals surface area contributed by atoms with Crippen molar-refractivity contribution < 1.29 is 9.13 Å². The number of halogens is 1. The second-order valence-corrected chi connectivity index (χ2v) is 3.56. The lowest BCUT2D eigenvalue weighted by Gasteiger charge is -2.30. The molecule has 0 spiro atoms. The first-order valence-electron chi connectivity index (χ1n) is 4.80. The fourth-order valence-corrected chi connectivity index (χ4v) is 1.67. The largest absolute Gasteiger partial charge is 0.496 e. The van der Waals surface area contributed by atoms with Crippen LogP contribution in [0.2, 0.25) is 0 Å². The second-order valence-electron chi connectivity index (χ2n) is 3.56. The zero-order valence-corrected chi connectivity index (χ0v) is 8.16. The number of nitrogens with one attached hydrogen (secondary N) is 1. The average Bonchev–Trinajstić information content (AvgIpc) is 2.15. The molecule has 0 saturated carbocycles. The molecule has 0 aliphatic carbocycles. The number of alkyl halides is 1. The van der Waals surface area contributed by atoms with Gasteiger partial charge >= 0.3 is 0 Å². The molecule has 0 radical (unpaired) electrons. The van der Waals surface area contributed by atoms with E-state index in [1.165, 1.54) is 0 Å². The Kier molecular flexibility index (Phi) is 2.68. The molecule has 1 aliphatic rings. The average molecular weight is 195 g/mol. The monoisotopic (exact) mass is 195 g/mol. The van der Waals surface area contributed by atoms with E-state index in [0.717, 1.165) is 13.1 Å². The predicted octanol–water partition coefficient (Wildman–Crippen LogP) is 1.93. The van der Waals surface area contributed by atoms with Crippen molar-refractivity contribution in [1.82, 2.24) is 5.32 Å². The first-order valence-corrected chi connectivity index (χ1v) is 4.80. The lowest BCUT2D eigenvalue weighted by molar-refractivity contribution is 0.167. The van der Waals surface area contributed by atoms with Crippen molar-refractivity contribution in [3.05, 3.63) is 29.8 Å². The maximum Gasteiger partial charge on any atom is 0.134 e. The van der Waals surface area contributed by atoms with Crippen LogP contribution in [0.15, 0.2) is 24.3 Å². The van der Waals surface area contributed by atoms with Crippen LogP contribution in [-0.2, 0) is 0 Å². The van der Waals surface area contributed by atoms with Gasteiger partial charge in [0.05, 0.1) is 7.11 Å². The molecule has 0 bridgehead atoms. The normalized spacial score (nSPS) is 18.7. The van der Waals surface area contributed by atoms with Gasteiger partial charge in [-0.15, -0.1) is 0 Å². The lowest BCUT2D eigenvalue weighted by Crippen LogP contribution is -2.44. The van der Waals surface area contributed by atoms with Crippen LogP contribution in [0.25, 0.3) is 0 Å². The van der Waals surface area contributed by atoms with Gasteiger partial charge in [-0.1, -0.05) is 18.2 Å². The smallest absolute Gasteiger partial charge is 0.134 e. The van der Waals surface area contributed by atoms with Crippen LogP contribution in [-0.4, -0.2) is 20.2 Å². The Hall–Kier alpha value is -1.09. The Morgan fingerprint density at radius 1 is 1.43 bits per heavy atom. The van der Waals surface area contributed by atoms with Gasteiger partial charge < -0.3 is 10.1 Å². The Morgan fingerprint density at radius 2 is 2.14 bits per heavy atom. The van der Waals surface area contributed by atoms with E-state index in [-0.39, 0.29) is 5.92 Å². The van der Waals surface area contributed by atoms with Crippen LogP contribution < -0.4 is 10.1 Å². The molecule has 0 amide bonds. The van der Waals surface area contributed by atoms with Crippen LogP contribution >= 0.6 is 0 Å². The van der Waals surface area contributed by atoms with Crippen LogP contribution in [0.5, 0.6) is 5.75 Å². The van der Waals surface area contributed by atoms with Crippen molar-refractivity contribution in [3.63, 3.8) is 0 Å². The summed E-state index contributed by atoms with van der Waals surface area (Å²) in [5.41, 5.74) is 0.668. The summed E-state index contributed by atoms with van der Waals surface area (Å²) in [5.74, 6) is 0.748. The number of benzene rings is 1. The Morgan fingerprint density at radius 3 is 2.71 bits per heavy atom. The van der Waals surface area contributed by atoms with E-state index >= 15 is 0 Å². The van der Waals surface area contributed by atoms with Gasteiger partial charge in [-0.25, -0.2) is 4.39 Å². The summed E-state index contributed by atoms with van der Waals surface area (Å²) in [4.78, 5) is 0. The van der Waals surface area contributed by atoms with Gasteiger partial charge in [0.25, 0.3) is 0 Å². The van der Waals surface area contributed by atoms with E-state index < -0.39 is 6.17 Å². The summed E-state index contributed by atoms with van der Waals surface area (Å²) in [6, 6.07) is 7.29.